The third-order valence-corrected chi connectivity index (χ3v) is 232. The Balaban J connectivity index is 0.0000000808. The molecule has 0 radical (unpaired) electrons. The van der Waals surface area contributed by atoms with Crippen molar-refractivity contribution in [3.63, 3.8) is 0 Å². The van der Waals surface area contributed by atoms with Crippen LogP contribution in [0.3, 0.4) is 0 Å². The van der Waals surface area contributed by atoms with Crippen molar-refractivity contribution < 1.29 is 51.1 Å². The van der Waals surface area contributed by atoms with Crippen LogP contribution in [-0.4, -0.2) is 71.9 Å². The van der Waals surface area contributed by atoms with Crippen molar-refractivity contribution in [1.29, 1.82) is 0 Å². The third-order valence-electron chi connectivity index (χ3n) is 62.7. The molecule has 0 aromatic carbocycles. The Morgan fingerprint density at radius 3 is 1.08 bits per heavy atom. The van der Waals surface area contributed by atoms with Gasteiger partial charge in [-0.05, 0) is 0 Å². The summed E-state index contributed by atoms with van der Waals surface area (Å²) in [5.41, 5.74) is 0. The van der Waals surface area contributed by atoms with Gasteiger partial charge in [-0.2, -0.15) is 0 Å². The second-order valence-electron chi connectivity index (χ2n) is 43.1. The molecule has 4 spiro atoms. The predicted molar refractivity (Wildman–Crippen MR) is 216 cm³/mol. The van der Waals surface area contributed by atoms with Gasteiger partial charge in [0.1, 0.15) is 0 Å². The fourth-order valence-electron chi connectivity index (χ4n) is 70.3. The first kappa shape index (κ1) is 25.5. The van der Waals surface area contributed by atoms with Crippen molar-refractivity contribution in [2.75, 3.05) is 19.6 Å². The van der Waals surface area contributed by atoms with Gasteiger partial charge in [-0.25, -0.2) is 5.90 Å². The van der Waals surface area contributed by atoms with Crippen LogP contribution in [0.2, 0.25) is 182 Å². The zero-order valence-electron chi connectivity index (χ0n) is 35.9. The molecule has 0 bridgehead atoms. The zero-order valence-corrected chi connectivity index (χ0v) is 40.3. The Morgan fingerprint density at radius 2 is 0.844 bits per heavy atom. The maximum absolute atomic E-state index is 13.3. The monoisotopic (exact) mass is 1030 g/mol. The summed E-state index contributed by atoms with van der Waals surface area (Å²) in [6, 6.07) is 0.871. The maximum atomic E-state index is 13.3. The van der Waals surface area contributed by atoms with E-state index in [1.54, 1.807) is 0 Å². The number of carbonyl (C=O) groups excluding carboxylic acids is 1. The minimum absolute atomic E-state index is 0.0184. The molecule has 40 aliphatic rings. The van der Waals surface area contributed by atoms with Crippen molar-refractivity contribution in [2.45, 2.75) is 230 Å². The summed E-state index contributed by atoms with van der Waals surface area (Å²) in [4.78, 5) is 78.4. The van der Waals surface area contributed by atoms with E-state index >= 15 is 0 Å². The summed E-state index contributed by atoms with van der Waals surface area (Å²) >= 11 is 0. The Bertz CT molecular complexity index is 4540. The summed E-state index contributed by atoms with van der Waals surface area (Å²) in [6.45, 7) is -9.26. The van der Waals surface area contributed by atoms with Crippen LogP contribution in [0.25, 0.3) is 0 Å². The number of carbonyl (C=O) groups is 2. The molecule has 0 aliphatic carbocycles. The van der Waals surface area contributed by atoms with Crippen LogP contribution in [0.1, 0.15) is 32.6 Å². The Kier molecular flexibility index (Phi) is 0.888. The quantitative estimate of drug-likeness (QED) is 0.0502. The number of carboxylic acids is 1. The van der Waals surface area contributed by atoms with Crippen LogP contribution in [0.4, 0.5) is 0 Å². The molecular weight excluding hydrogens is 972 g/mol. The number of rotatable bonds is 14. The first-order valence-corrected chi connectivity index (χ1v) is 53.2. The topological polar surface area (TPSA) is 139 Å². The second-order valence-corrected chi connectivity index (χ2v) is 137. The van der Waals surface area contributed by atoms with E-state index in [0.29, 0.717) is 19.6 Å². The van der Waals surface area contributed by atoms with Crippen LogP contribution >= 0.6 is 0 Å². The van der Waals surface area contributed by atoms with Crippen molar-refractivity contribution in [1.82, 2.24) is 15.3 Å². The molecule has 346 valence electrons. The summed E-state index contributed by atoms with van der Waals surface area (Å²) in [5.74, 6) is 3.12. The van der Waals surface area contributed by atoms with E-state index < -0.39 is 32.0 Å². The van der Waals surface area contributed by atoms with Crippen molar-refractivity contribution >= 4 is 11.9 Å². The third kappa shape index (κ3) is 0.299. The molecule has 0 aromatic rings. The van der Waals surface area contributed by atoms with Crippen molar-refractivity contribution in [3.05, 3.63) is 0 Å². The van der Waals surface area contributed by atoms with Gasteiger partial charge in [0.2, 0.25) is 0 Å². The number of hydroxylamine groups is 2. The Hall–Kier alpha value is 0.818. The van der Waals surface area contributed by atoms with Gasteiger partial charge >= 0.3 is 322 Å². The number of hydrogen-bond donors (Lipinski definition) is 5. The Labute approximate surface area is 330 Å². The minimum atomic E-state index is -3.28. The first-order valence-electron chi connectivity index (χ1n) is 28.1. The van der Waals surface area contributed by atoms with Crippen LogP contribution in [0, 0.1) is 0 Å². The van der Waals surface area contributed by atoms with E-state index in [9.17, 15) is 19.9 Å². The molecule has 40 aliphatic heterocycles. The number of fused-ring (bicyclic) bond motifs is 40. The number of nitrogens with two attached hydrogens (primary N) is 1. The molecule has 1 amide bonds. The van der Waals surface area contributed by atoms with E-state index in [2.05, 4.69) is 23.0 Å². The number of nitrogens with zero attached hydrogens (tertiary/aromatic N) is 2. The van der Waals surface area contributed by atoms with E-state index in [0.717, 1.165) is 41.4 Å². The van der Waals surface area contributed by atoms with E-state index in [1.165, 1.54) is 186 Å². The van der Waals surface area contributed by atoms with Gasteiger partial charge in [0.05, 0.1) is 0 Å². The number of hydrogen-bond acceptors (Lipinski definition) is 7. The Morgan fingerprint density at radius 1 is 0.516 bits per heavy atom. The van der Waals surface area contributed by atoms with E-state index in [-0.39, 0.29) is 5.91 Å². The summed E-state index contributed by atoms with van der Waals surface area (Å²) < 4.78 is 3.32. The van der Waals surface area contributed by atoms with Crippen LogP contribution in [0.15, 0.2) is 0 Å². The molecule has 0 saturated carbocycles. The molecule has 16 unspecified atom stereocenters. The average Bonchev–Trinajstić information content (AvgIpc) is 4.26. The molecule has 6 N–H and O–H groups in total. The first-order chi connectivity index (χ1) is 30.2. The summed E-state index contributed by atoms with van der Waals surface area (Å²) in [7, 11) is 0. The molecule has 40 saturated heterocycles. The number of unbranched alkanes of at least 4 members (excludes halogenated alkanes) is 3. The molecule has 0 aromatic heterocycles. The molecule has 40 heterocycles. The predicted octanol–water partition coefficient (Wildman–Crippen LogP) is 11.6. The molecule has 16 atom stereocenters. The summed E-state index contributed by atoms with van der Waals surface area (Å²) in [5, 5.41) is 33.0. The fraction of sp³-hybridized carbons (Fsp3) is 0.961. The van der Waals surface area contributed by atoms with Gasteiger partial charge in [-0.3, -0.25) is 0 Å². The molecule has 13 heteroatoms. The molecule has 9 nitrogen and oxygen atoms in total. The van der Waals surface area contributed by atoms with Crippen LogP contribution in [-0.2, 0) is 35.6 Å². The van der Waals surface area contributed by atoms with Gasteiger partial charge in [-0.15, -0.1) is 0 Å². The van der Waals surface area contributed by atoms with Crippen molar-refractivity contribution in [3.8, 4) is 0 Å². The molecular formula is C51H60Fe4N4O5. The van der Waals surface area contributed by atoms with Crippen LogP contribution in [0.5, 0.6) is 0 Å². The summed E-state index contributed by atoms with van der Waals surface area (Å²) in [6.07, 6.45) is 4.52. The molecule has 64 heavy (non-hydrogen) atoms. The van der Waals surface area contributed by atoms with E-state index in [1.807, 2.05) is 0 Å². The number of nitrogens with one attached hydrogen (secondary N) is 1. The number of aliphatic carboxylic acids is 1. The second kappa shape index (κ2) is 2.23. The zero-order chi connectivity index (χ0) is 39.6. The van der Waals surface area contributed by atoms with Gasteiger partial charge in [0.25, 0.3) is 0 Å². The van der Waals surface area contributed by atoms with Crippen LogP contribution < -0.4 is 11.2 Å². The molecule has 40 fully saturated rings. The standard InChI is InChI=1S/C19H26N2O2.C12H11NO2.4C5H5.4Fe.H3NO/c1-2-3-4-9-14-21(23)18(22)15-20-19(16-10-5-6-11-16)17-12-7-8-13-17;14-12(15)9-13(10-5-1-2-6-10)11-7-3-4-8-11;4*1-2-4-5-3-1;;;;;1-2/h5-8,10-13,19-20,23H,2-4,9,14-15H2,1H3;1-8H,9H2,(H,14,15);4*1-5H;;;;;2H,1H2. The van der Waals surface area contributed by atoms with Gasteiger partial charge in [0, 0.05) is 0 Å². The van der Waals surface area contributed by atoms with Gasteiger partial charge < -0.3 is 5.21 Å². The number of amides is 1. The SMILES string of the molecule is CCCCCCN(O)C(=O)CNC([C]12[CH]3[CH]4[CH]5[CH]1[Fe]45321678[CH]2[CH]1[CH]6[CH]7[CH]28)[C]12[CH]3[CH]4[CH]5[CH]1[Fe]45321678[CH]2[CH]1[CH]6[CH]7[CH]28.NO.O=C(O)CN([C]12[CH]3[CH]4[CH]5[CH]1[Fe]45321678[CH]2[CH]1[CH]6[CH]7[CH]28)[C]12[CH]3[CH]4[CH]5[CH]1[Fe]45321678[CH]2[CH]1[CH]6[CH]7[CH]28. The average molecular weight is 1030 g/mol. The fourth-order valence-corrected chi connectivity index (χ4v) is 368. The normalized spacial score (nSPS) is 127. The number of carboxylic acid groups (broad SMARTS) is 1. The molecule has 40 rings (SSSR count). The van der Waals surface area contributed by atoms with Gasteiger partial charge in [0.15, 0.2) is 0 Å². The van der Waals surface area contributed by atoms with Gasteiger partial charge in [-0.1, -0.05) is 0 Å². The van der Waals surface area contributed by atoms with Crippen molar-refractivity contribution in [2.24, 2.45) is 5.90 Å². The van der Waals surface area contributed by atoms with E-state index in [4.69, 9.17) is 5.21 Å².